The molecule has 6 heteroatoms. The van der Waals surface area contributed by atoms with Crippen molar-refractivity contribution in [2.24, 2.45) is 4.99 Å². The predicted molar refractivity (Wildman–Crippen MR) is 105 cm³/mol. The van der Waals surface area contributed by atoms with Crippen molar-refractivity contribution in [2.45, 2.75) is 45.3 Å². The highest BCUT2D eigenvalue weighted by Gasteiger charge is 2.08. The van der Waals surface area contributed by atoms with Crippen LogP contribution in [0.15, 0.2) is 23.2 Å². The van der Waals surface area contributed by atoms with Crippen LogP contribution >= 0.6 is 0 Å². The second kappa shape index (κ2) is 11.9. The summed E-state index contributed by atoms with van der Waals surface area (Å²) in [6, 6.07) is 5.11. The van der Waals surface area contributed by atoms with Crippen molar-refractivity contribution in [3.63, 3.8) is 0 Å². The summed E-state index contributed by atoms with van der Waals surface area (Å²) in [5.74, 6) is 0.546. The molecule has 0 aromatic heterocycles. The van der Waals surface area contributed by atoms with Crippen molar-refractivity contribution in [3.05, 3.63) is 35.1 Å². The molecular formula is C20H33FN4O. The maximum atomic E-state index is 13.7. The fourth-order valence-corrected chi connectivity index (χ4v) is 3.28. The van der Waals surface area contributed by atoms with Crippen LogP contribution in [0.3, 0.4) is 0 Å². The predicted octanol–water partition coefficient (Wildman–Crippen LogP) is 2.90. The minimum absolute atomic E-state index is 0.230. The van der Waals surface area contributed by atoms with Gasteiger partial charge in [0.2, 0.25) is 0 Å². The molecule has 1 aliphatic heterocycles. The second-order valence-electron chi connectivity index (χ2n) is 6.82. The van der Waals surface area contributed by atoms with Crippen molar-refractivity contribution in [1.29, 1.82) is 0 Å². The number of likely N-dealkylation sites (tertiary alicyclic amines) is 1. The maximum Gasteiger partial charge on any atom is 0.191 e. The molecule has 0 atom stereocenters. The molecule has 2 N–H and O–H groups in total. The van der Waals surface area contributed by atoms with Gasteiger partial charge in [-0.15, -0.1) is 0 Å². The minimum Gasteiger partial charge on any atom is -0.380 e. The third-order valence-corrected chi connectivity index (χ3v) is 4.74. The lowest BCUT2D eigenvalue weighted by molar-refractivity contribution is 0.181. The number of rotatable bonds is 8. The Labute approximate surface area is 157 Å². The molecule has 1 saturated heterocycles. The van der Waals surface area contributed by atoms with E-state index in [1.807, 2.05) is 6.07 Å². The number of benzene rings is 1. The van der Waals surface area contributed by atoms with Gasteiger partial charge in [-0.1, -0.05) is 18.9 Å². The van der Waals surface area contributed by atoms with E-state index in [1.165, 1.54) is 44.8 Å². The smallest absolute Gasteiger partial charge is 0.191 e. The first-order chi connectivity index (χ1) is 12.7. The summed E-state index contributed by atoms with van der Waals surface area (Å²) in [6.45, 7) is 5.39. The van der Waals surface area contributed by atoms with Gasteiger partial charge in [-0.05, 0) is 56.6 Å². The van der Waals surface area contributed by atoms with Crippen molar-refractivity contribution in [2.75, 3.05) is 40.3 Å². The molecule has 1 aliphatic rings. The first-order valence-corrected chi connectivity index (χ1v) is 9.66. The van der Waals surface area contributed by atoms with E-state index in [4.69, 9.17) is 4.74 Å². The van der Waals surface area contributed by atoms with Crippen LogP contribution in [0.4, 0.5) is 4.39 Å². The normalized spacial score (nSPS) is 16.3. The first kappa shape index (κ1) is 20.6. The van der Waals surface area contributed by atoms with E-state index in [0.717, 1.165) is 31.0 Å². The summed E-state index contributed by atoms with van der Waals surface area (Å²) in [7, 11) is 3.34. The van der Waals surface area contributed by atoms with Crippen LogP contribution in [-0.4, -0.2) is 51.2 Å². The number of nitrogens with zero attached hydrogens (tertiary/aromatic N) is 2. The van der Waals surface area contributed by atoms with Gasteiger partial charge in [-0.3, -0.25) is 4.99 Å². The lowest BCUT2D eigenvalue weighted by atomic mass is 10.1. The average molecular weight is 365 g/mol. The first-order valence-electron chi connectivity index (χ1n) is 9.66. The molecule has 0 aliphatic carbocycles. The Kier molecular flexibility index (Phi) is 9.42. The molecule has 146 valence electrons. The molecule has 0 amide bonds. The zero-order valence-electron chi connectivity index (χ0n) is 16.2. The highest BCUT2D eigenvalue weighted by Crippen LogP contribution is 2.12. The number of guanidine groups is 1. The highest BCUT2D eigenvalue weighted by molar-refractivity contribution is 5.79. The maximum absolute atomic E-state index is 13.7. The van der Waals surface area contributed by atoms with Crippen LogP contribution in [0.1, 0.15) is 43.2 Å². The number of ether oxygens (including phenoxy) is 1. The zero-order chi connectivity index (χ0) is 18.6. The number of methoxy groups -OCH3 is 1. The van der Waals surface area contributed by atoms with Crippen LogP contribution in [0.5, 0.6) is 0 Å². The monoisotopic (exact) mass is 364 g/mol. The molecule has 1 heterocycles. The Bertz CT molecular complexity index is 557. The van der Waals surface area contributed by atoms with Gasteiger partial charge in [0.05, 0.1) is 6.61 Å². The van der Waals surface area contributed by atoms with Gasteiger partial charge in [0, 0.05) is 32.8 Å². The highest BCUT2D eigenvalue weighted by atomic mass is 19.1. The third-order valence-electron chi connectivity index (χ3n) is 4.74. The van der Waals surface area contributed by atoms with Crippen molar-refractivity contribution in [3.8, 4) is 0 Å². The number of aliphatic imine (C=N–C) groups is 1. The van der Waals surface area contributed by atoms with Crippen molar-refractivity contribution >= 4 is 5.96 Å². The van der Waals surface area contributed by atoms with Crippen LogP contribution in [0, 0.1) is 5.82 Å². The molecule has 1 aromatic carbocycles. The molecule has 1 fully saturated rings. The van der Waals surface area contributed by atoms with Gasteiger partial charge < -0.3 is 20.3 Å². The molecule has 2 rings (SSSR count). The van der Waals surface area contributed by atoms with E-state index in [-0.39, 0.29) is 12.4 Å². The lowest BCUT2D eigenvalue weighted by Gasteiger charge is -2.20. The van der Waals surface area contributed by atoms with E-state index in [2.05, 4.69) is 20.5 Å². The Morgan fingerprint density at radius 1 is 1.19 bits per heavy atom. The van der Waals surface area contributed by atoms with E-state index in [1.54, 1.807) is 20.2 Å². The summed E-state index contributed by atoms with van der Waals surface area (Å²) >= 11 is 0. The minimum atomic E-state index is -0.230. The largest absolute Gasteiger partial charge is 0.380 e. The fraction of sp³-hybridized carbons (Fsp3) is 0.650. The molecule has 0 unspecified atom stereocenters. The molecule has 0 spiro atoms. The van der Waals surface area contributed by atoms with Gasteiger partial charge in [0.1, 0.15) is 5.82 Å². The summed E-state index contributed by atoms with van der Waals surface area (Å²) in [5, 5.41) is 6.64. The van der Waals surface area contributed by atoms with E-state index in [9.17, 15) is 4.39 Å². The molecule has 0 bridgehead atoms. The lowest BCUT2D eigenvalue weighted by Crippen LogP contribution is -2.38. The standard InChI is InChI=1S/C20H33FN4O/c1-22-20(23-10-7-13-25-11-5-3-4-6-12-25)24-15-17-8-9-19(21)18(14-17)16-26-2/h8-9,14H,3-7,10-13,15-16H2,1-2H3,(H2,22,23,24). The number of halogens is 1. The molecule has 0 saturated carbocycles. The Morgan fingerprint density at radius 2 is 1.96 bits per heavy atom. The van der Waals surface area contributed by atoms with E-state index >= 15 is 0 Å². The number of hydrogen-bond donors (Lipinski definition) is 2. The summed E-state index contributed by atoms with van der Waals surface area (Å²) in [5.41, 5.74) is 1.58. The average Bonchev–Trinajstić information content (AvgIpc) is 2.92. The van der Waals surface area contributed by atoms with Crippen molar-refractivity contribution in [1.82, 2.24) is 15.5 Å². The summed E-state index contributed by atoms with van der Waals surface area (Å²) in [6.07, 6.45) is 6.52. The molecule has 5 nitrogen and oxygen atoms in total. The molecular weight excluding hydrogens is 331 g/mol. The number of hydrogen-bond acceptors (Lipinski definition) is 3. The van der Waals surface area contributed by atoms with Crippen molar-refractivity contribution < 1.29 is 9.13 Å². The third kappa shape index (κ3) is 7.30. The second-order valence-corrected chi connectivity index (χ2v) is 6.82. The quantitative estimate of drug-likeness (QED) is 0.423. The van der Waals surface area contributed by atoms with Gasteiger partial charge in [-0.25, -0.2) is 4.39 Å². The van der Waals surface area contributed by atoms with Gasteiger partial charge in [0.15, 0.2) is 5.96 Å². The topological polar surface area (TPSA) is 48.9 Å². The Balaban J connectivity index is 1.69. The fourth-order valence-electron chi connectivity index (χ4n) is 3.28. The Morgan fingerprint density at radius 3 is 2.65 bits per heavy atom. The van der Waals surface area contributed by atoms with E-state index in [0.29, 0.717) is 12.1 Å². The van der Waals surface area contributed by atoms with Crippen LogP contribution in [0.25, 0.3) is 0 Å². The summed E-state index contributed by atoms with van der Waals surface area (Å²) < 4.78 is 18.7. The van der Waals surface area contributed by atoms with Crippen LogP contribution < -0.4 is 10.6 Å². The molecule has 0 radical (unpaired) electrons. The van der Waals surface area contributed by atoms with Gasteiger partial charge in [0.25, 0.3) is 0 Å². The van der Waals surface area contributed by atoms with Gasteiger partial charge >= 0.3 is 0 Å². The van der Waals surface area contributed by atoms with E-state index < -0.39 is 0 Å². The SMILES string of the molecule is CN=C(NCCCN1CCCCCC1)NCc1ccc(F)c(COC)c1. The molecule has 1 aromatic rings. The Hall–Kier alpha value is -1.66. The summed E-state index contributed by atoms with van der Waals surface area (Å²) in [4.78, 5) is 6.83. The van der Waals surface area contributed by atoms with Crippen LogP contribution in [0.2, 0.25) is 0 Å². The molecule has 26 heavy (non-hydrogen) atoms. The zero-order valence-corrected chi connectivity index (χ0v) is 16.2. The van der Waals surface area contributed by atoms with Crippen LogP contribution in [-0.2, 0) is 17.9 Å². The number of nitrogens with one attached hydrogen (secondary N) is 2. The van der Waals surface area contributed by atoms with Gasteiger partial charge in [-0.2, -0.15) is 0 Å².